The van der Waals surface area contributed by atoms with Gasteiger partial charge in [-0.3, -0.25) is 9.59 Å². The lowest BCUT2D eigenvalue weighted by Crippen LogP contribution is -2.60. The van der Waals surface area contributed by atoms with Gasteiger partial charge in [0.1, 0.15) is 43.4 Å². The Morgan fingerprint density at radius 3 is 2.02 bits per heavy atom. The highest BCUT2D eigenvalue weighted by Crippen LogP contribution is 2.29. The summed E-state index contributed by atoms with van der Waals surface area (Å²) < 4.78 is 21.4. The van der Waals surface area contributed by atoms with Gasteiger partial charge in [0.05, 0.1) is 0 Å². The van der Waals surface area contributed by atoms with E-state index in [2.05, 4.69) is 0 Å². The van der Waals surface area contributed by atoms with E-state index < -0.39 is 78.6 Å². The number of ketones is 2. The maximum absolute atomic E-state index is 12.5. The number of hydrogen-bond acceptors (Lipinski definition) is 13. The third-order valence-electron chi connectivity index (χ3n) is 6.89. The van der Waals surface area contributed by atoms with Crippen molar-refractivity contribution in [3.8, 4) is 5.75 Å². The van der Waals surface area contributed by atoms with Crippen LogP contribution < -0.4 is 4.74 Å². The molecular formula is C27H30O13. The van der Waals surface area contributed by atoms with Crippen LogP contribution in [-0.4, -0.2) is 97.6 Å². The monoisotopic (exact) mass is 562 g/mol. The number of benzene rings is 1. The predicted octanol–water partition coefficient (Wildman–Crippen LogP) is -1.24. The first-order valence-electron chi connectivity index (χ1n) is 12.6. The van der Waals surface area contributed by atoms with Gasteiger partial charge in [0.2, 0.25) is 17.5 Å². The fourth-order valence-corrected chi connectivity index (χ4v) is 4.40. The molecule has 1 aliphatic heterocycles. The molecule has 5 N–H and O–H groups in total. The van der Waals surface area contributed by atoms with Gasteiger partial charge in [-0.2, -0.15) is 0 Å². The van der Waals surface area contributed by atoms with Crippen LogP contribution >= 0.6 is 0 Å². The molecule has 1 aromatic rings. The van der Waals surface area contributed by atoms with Gasteiger partial charge >= 0.3 is 11.9 Å². The van der Waals surface area contributed by atoms with E-state index in [0.717, 1.165) is 12.2 Å². The lowest BCUT2D eigenvalue weighted by molar-refractivity contribution is -0.279. The lowest BCUT2D eigenvalue weighted by atomic mass is 9.90. The van der Waals surface area contributed by atoms with Gasteiger partial charge in [-0.1, -0.05) is 30.4 Å². The van der Waals surface area contributed by atoms with Crippen LogP contribution in [0, 0.1) is 0 Å². The number of Topliss-reactive ketones (excluding diaryl/α,β-unsaturated/α-hetero) is 2. The SMILES string of the molecule is O=C1CCC=CC1(O)C(=O)OCc1ccccc1O[C@@H]1O[C@H](COC(=O)C2(O)C=CCCC2=O)[C@@H](O)[C@H](O)[C@H]1O. The lowest BCUT2D eigenvalue weighted by Gasteiger charge is -2.40. The van der Waals surface area contributed by atoms with Crippen molar-refractivity contribution in [2.75, 3.05) is 6.61 Å². The zero-order chi connectivity index (χ0) is 29.1. The van der Waals surface area contributed by atoms with E-state index in [0.29, 0.717) is 12.8 Å². The summed E-state index contributed by atoms with van der Waals surface area (Å²) in [6.45, 7) is -1.14. The molecule has 0 amide bonds. The van der Waals surface area contributed by atoms with Gasteiger partial charge in [0.25, 0.3) is 0 Å². The van der Waals surface area contributed by atoms with Crippen molar-refractivity contribution in [3.05, 3.63) is 54.1 Å². The summed E-state index contributed by atoms with van der Waals surface area (Å²) >= 11 is 0. The number of aliphatic hydroxyl groups excluding tert-OH is 3. The van der Waals surface area contributed by atoms with E-state index in [-0.39, 0.29) is 24.2 Å². The third kappa shape index (κ3) is 5.84. The highest BCUT2D eigenvalue weighted by Gasteiger charge is 2.48. The van der Waals surface area contributed by atoms with Crippen molar-refractivity contribution >= 4 is 23.5 Å². The average Bonchev–Trinajstić information content (AvgIpc) is 2.95. The van der Waals surface area contributed by atoms with E-state index in [9.17, 15) is 44.7 Å². The molecule has 1 aromatic carbocycles. The molecule has 3 aliphatic rings. The Balaban J connectivity index is 1.42. The summed E-state index contributed by atoms with van der Waals surface area (Å²) in [6.07, 6.45) is -2.61. The first-order chi connectivity index (χ1) is 19.0. The van der Waals surface area contributed by atoms with Crippen LogP contribution in [0.5, 0.6) is 5.75 Å². The Morgan fingerprint density at radius 2 is 1.43 bits per heavy atom. The summed E-state index contributed by atoms with van der Waals surface area (Å²) in [5, 5.41) is 52.0. The molecule has 0 spiro atoms. The third-order valence-corrected chi connectivity index (χ3v) is 6.89. The van der Waals surface area contributed by atoms with Crippen molar-refractivity contribution in [1.29, 1.82) is 0 Å². The van der Waals surface area contributed by atoms with E-state index >= 15 is 0 Å². The van der Waals surface area contributed by atoms with E-state index in [1.807, 2.05) is 0 Å². The number of aliphatic hydroxyl groups is 5. The summed E-state index contributed by atoms with van der Waals surface area (Å²) in [5.74, 6) is -3.88. The van der Waals surface area contributed by atoms with Crippen LogP contribution in [0.1, 0.15) is 31.2 Å². The Labute approximate surface area is 228 Å². The first-order valence-corrected chi connectivity index (χ1v) is 12.6. The predicted molar refractivity (Wildman–Crippen MR) is 131 cm³/mol. The molecule has 1 saturated heterocycles. The standard InChI is InChI=1S/C27H30O13/c28-18-9-3-5-11-26(18,35)24(33)37-13-15-7-1-2-8-16(15)39-23-22(32)21(31)20(30)17(40-23)14-38-25(34)27(36)12-6-4-10-19(27)29/h1-2,5-8,11-12,17,20-23,30-32,35-36H,3-4,9-10,13-14H2/t17-,20-,21+,22-,23-,26?,27?/m1/s1. The Kier molecular flexibility index (Phi) is 8.83. The van der Waals surface area contributed by atoms with Crippen molar-refractivity contribution in [2.24, 2.45) is 0 Å². The van der Waals surface area contributed by atoms with Crippen LogP contribution in [0.3, 0.4) is 0 Å². The Bertz CT molecular complexity index is 1210. The molecule has 40 heavy (non-hydrogen) atoms. The van der Waals surface area contributed by atoms with Gasteiger partial charge in [0.15, 0.2) is 11.6 Å². The Morgan fingerprint density at radius 1 is 0.850 bits per heavy atom. The second-order valence-electron chi connectivity index (χ2n) is 9.68. The van der Waals surface area contributed by atoms with Crippen LogP contribution in [-0.2, 0) is 40.0 Å². The van der Waals surface area contributed by atoms with Crippen molar-refractivity contribution in [1.82, 2.24) is 0 Å². The van der Waals surface area contributed by atoms with Crippen LogP contribution in [0.25, 0.3) is 0 Å². The number of allylic oxidation sites excluding steroid dienone is 2. The molecule has 0 bridgehead atoms. The molecule has 7 atom stereocenters. The molecule has 4 rings (SSSR count). The van der Waals surface area contributed by atoms with E-state index in [1.165, 1.54) is 24.3 Å². The molecular weight excluding hydrogens is 532 g/mol. The van der Waals surface area contributed by atoms with Crippen molar-refractivity contribution < 1.29 is 63.7 Å². The van der Waals surface area contributed by atoms with E-state index in [4.69, 9.17) is 18.9 Å². The summed E-state index contributed by atoms with van der Waals surface area (Å²) in [7, 11) is 0. The molecule has 1 heterocycles. The van der Waals surface area contributed by atoms with Gasteiger partial charge in [-0.25, -0.2) is 9.59 Å². The van der Waals surface area contributed by atoms with Gasteiger partial charge in [-0.15, -0.1) is 0 Å². The molecule has 0 saturated carbocycles. The zero-order valence-electron chi connectivity index (χ0n) is 21.3. The number of hydrogen-bond donors (Lipinski definition) is 5. The second kappa shape index (κ2) is 12.0. The number of ether oxygens (including phenoxy) is 4. The molecule has 2 unspecified atom stereocenters. The fraction of sp³-hybridized carbons (Fsp3) is 0.481. The molecule has 1 fully saturated rings. The first kappa shape index (κ1) is 29.5. The molecule has 216 valence electrons. The maximum Gasteiger partial charge on any atom is 0.350 e. The number of esters is 2. The van der Waals surface area contributed by atoms with Gasteiger partial charge < -0.3 is 44.5 Å². The molecule has 13 nitrogen and oxygen atoms in total. The van der Waals surface area contributed by atoms with Crippen LogP contribution in [0.2, 0.25) is 0 Å². The molecule has 2 aliphatic carbocycles. The molecule has 13 heteroatoms. The van der Waals surface area contributed by atoms with Crippen molar-refractivity contribution in [2.45, 2.75) is 74.2 Å². The van der Waals surface area contributed by atoms with Gasteiger partial charge in [-0.05, 0) is 31.1 Å². The van der Waals surface area contributed by atoms with Crippen LogP contribution in [0.15, 0.2) is 48.6 Å². The fourth-order valence-electron chi connectivity index (χ4n) is 4.40. The highest BCUT2D eigenvalue weighted by molar-refractivity contribution is 6.10. The normalized spacial score (nSPS) is 33.9. The Hall–Kier alpha value is -3.46. The minimum atomic E-state index is -2.48. The quantitative estimate of drug-likeness (QED) is 0.143. The highest BCUT2D eigenvalue weighted by atomic mass is 16.7. The topological polar surface area (TPSA) is 206 Å². The maximum atomic E-state index is 12.5. The second-order valence-corrected chi connectivity index (χ2v) is 9.68. The van der Waals surface area contributed by atoms with E-state index in [1.54, 1.807) is 12.1 Å². The zero-order valence-corrected chi connectivity index (χ0v) is 21.3. The number of carbonyl (C=O) groups excluding carboxylic acids is 4. The number of carbonyl (C=O) groups is 4. The minimum Gasteiger partial charge on any atom is -0.462 e. The van der Waals surface area contributed by atoms with Crippen LogP contribution in [0.4, 0.5) is 0 Å². The summed E-state index contributed by atoms with van der Waals surface area (Å²) in [6, 6.07) is 6.07. The summed E-state index contributed by atoms with van der Waals surface area (Å²) in [5.41, 5.74) is -4.63. The van der Waals surface area contributed by atoms with Crippen molar-refractivity contribution in [3.63, 3.8) is 0 Å². The van der Waals surface area contributed by atoms with Gasteiger partial charge in [0, 0.05) is 18.4 Å². The number of rotatable bonds is 8. The largest absolute Gasteiger partial charge is 0.462 e. The average molecular weight is 563 g/mol. The minimum absolute atomic E-state index is 0.0182. The smallest absolute Gasteiger partial charge is 0.350 e. The summed E-state index contributed by atoms with van der Waals surface area (Å²) in [4.78, 5) is 49.0. The number of para-hydroxylation sites is 1. The molecule has 0 aromatic heterocycles. The molecule has 0 radical (unpaired) electrons.